The number of carbonyl (C=O) groups excluding carboxylic acids is 2. The summed E-state index contributed by atoms with van der Waals surface area (Å²) < 4.78 is 11.7. The lowest BCUT2D eigenvalue weighted by Crippen LogP contribution is -2.26. The molecular weight excluding hydrogens is 262 g/mol. The van der Waals surface area contributed by atoms with Crippen LogP contribution in [0.25, 0.3) is 0 Å². The number of rotatable bonds is 5. The van der Waals surface area contributed by atoms with Crippen molar-refractivity contribution in [2.24, 2.45) is 0 Å². The highest BCUT2D eigenvalue weighted by Gasteiger charge is 2.16. The second-order valence-electron chi connectivity index (χ2n) is 4.66. The maximum Gasteiger partial charge on any atom is 0.232 e. The predicted molar refractivity (Wildman–Crippen MR) is 74.7 cm³/mol. The molecule has 0 bridgehead atoms. The Balaban J connectivity index is 2.00. The Kier molecular flexibility index (Phi) is 4.47. The minimum Gasteiger partial charge on any atom is -0.358 e. The van der Waals surface area contributed by atoms with Crippen LogP contribution in [0, 0.1) is 0 Å². The molecule has 0 heterocycles. The molecule has 5 heteroatoms. The van der Waals surface area contributed by atoms with E-state index in [1.165, 1.54) is 18.2 Å². The number of ketones is 1. The smallest absolute Gasteiger partial charge is 0.232 e. The van der Waals surface area contributed by atoms with E-state index in [4.69, 9.17) is 0 Å². The zero-order valence-corrected chi connectivity index (χ0v) is 11.7. The third kappa shape index (κ3) is 3.50. The molecule has 1 atom stereocenters. The van der Waals surface area contributed by atoms with Crippen LogP contribution >= 0.6 is 0 Å². The monoisotopic (exact) mass is 279 g/mol. The van der Waals surface area contributed by atoms with Crippen molar-refractivity contribution in [3.05, 3.63) is 34.9 Å². The third-order valence-corrected chi connectivity index (χ3v) is 4.45. The number of amides is 1. The van der Waals surface area contributed by atoms with Crippen molar-refractivity contribution in [3.8, 4) is 0 Å². The first-order valence-corrected chi connectivity index (χ1v) is 7.79. The molecule has 1 aliphatic rings. The van der Waals surface area contributed by atoms with Gasteiger partial charge in [0.05, 0.1) is 5.75 Å². The SMILES string of the molecule is CNC(=O)CS(=O)CC(=O)c1ccc2c(c1)CCC2. The zero-order chi connectivity index (χ0) is 13.8. The summed E-state index contributed by atoms with van der Waals surface area (Å²) in [5.74, 6) is -0.670. The highest BCUT2D eigenvalue weighted by atomic mass is 32.2. The van der Waals surface area contributed by atoms with Gasteiger partial charge in [-0.2, -0.15) is 0 Å². The summed E-state index contributed by atoms with van der Waals surface area (Å²) in [5, 5.41) is 2.40. The van der Waals surface area contributed by atoms with Gasteiger partial charge in [-0.15, -0.1) is 0 Å². The van der Waals surface area contributed by atoms with E-state index in [1.807, 2.05) is 12.1 Å². The topological polar surface area (TPSA) is 63.2 Å². The maximum absolute atomic E-state index is 12.0. The molecule has 0 saturated heterocycles. The van der Waals surface area contributed by atoms with Gasteiger partial charge in [-0.25, -0.2) is 0 Å². The highest BCUT2D eigenvalue weighted by Crippen LogP contribution is 2.23. The molecule has 2 rings (SSSR count). The van der Waals surface area contributed by atoms with Crippen LogP contribution in [0.5, 0.6) is 0 Å². The van der Waals surface area contributed by atoms with Crippen LogP contribution in [0.15, 0.2) is 18.2 Å². The zero-order valence-electron chi connectivity index (χ0n) is 10.9. The van der Waals surface area contributed by atoms with E-state index in [1.54, 1.807) is 6.07 Å². The quantitative estimate of drug-likeness (QED) is 0.813. The maximum atomic E-state index is 12.0. The molecule has 1 aliphatic carbocycles. The largest absolute Gasteiger partial charge is 0.358 e. The molecule has 1 aromatic rings. The molecule has 102 valence electrons. The summed E-state index contributed by atoms with van der Waals surface area (Å²) in [5.41, 5.74) is 3.14. The van der Waals surface area contributed by atoms with Crippen molar-refractivity contribution in [2.75, 3.05) is 18.6 Å². The van der Waals surface area contributed by atoms with Gasteiger partial charge in [-0.3, -0.25) is 13.8 Å². The van der Waals surface area contributed by atoms with Crippen molar-refractivity contribution < 1.29 is 13.8 Å². The molecule has 19 heavy (non-hydrogen) atoms. The molecule has 0 radical (unpaired) electrons. The van der Waals surface area contributed by atoms with E-state index in [0.29, 0.717) is 5.56 Å². The average Bonchev–Trinajstić information content (AvgIpc) is 2.85. The number of fused-ring (bicyclic) bond motifs is 1. The van der Waals surface area contributed by atoms with Gasteiger partial charge in [-0.05, 0) is 36.5 Å². The lowest BCUT2D eigenvalue weighted by atomic mass is 10.0. The first-order valence-electron chi connectivity index (χ1n) is 6.30. The van der Waals surface area contributed by atoms with E-state index in [-0.39, 0.29) is 23.2 Å². The Hall–Kier alpha value is -1.49. The van der Waals surface area contributed by atoms with Crippen LogP contribution < -0.4 is 5.32 Å². The first kappa shape index (κ1) is 13.9. The van der Waals surface area contributed by atoms with Crippen LogP contribution in [0.4, 0.5) is 0 Å². The number of hydrogen-bond donors (Lipinski definition) is 1. The van der Waals surface area contributed by atoms with Crippen LogP contribution in [0.3, 0.4) is 0 Å². The molecule has 0 aromatic heterocycles. The second-order valence-corrected chi connectivity index (χ2v) is 6.12. The Morgan fingerprint density at radius 1 is 1.21 bits per heavy atom. The number of carbonyl (C=O) groups is 2. The molecule has 1 amide bonds. The molecule has 0 spiro atoms. The summed E-state index contributed by atoms with van der Waals surface area (Å²) in [6, 6.07) is 5.68. The van der Waals surface area contributed by atoms with Crippen molar-refractivity contribution in [1.29, 1.82) is 0 Å². The van der Waals surface area contributed by atoms with E-state index in [0.717, 1.165) is 19.3 Å². The fraction of sp³-hybridized carbons (Fsp3) is 0.429. The minimum atomic E-state index is -1.44. The van der Waals surface area contributed by atoms with Crippen molar-refractivity contribution in [1.82, 2.24) is 5.32 Å². The third-order valence-electron chi connectivity index (χ3n) is 3.28. The van der Waals surface area contributed by atoms with Gasteiger partial charge in [0.25, 0.3) is 0 Å². The van der Waals surface area contributed by atoms with Crippen LogP contribution in [0.1, 0.15) is 27.9 Å². The Labute approximate surface area is 115 Å². The van der Waals surface area contributed by atoms with Crippen LogP contribution in [-0.2, 0) is 28.4 Å². The van der Waals surface area contributed by atoms with E-state index in [9.17, 15) is 13.8 Å². The average molecular weight is 279 g/mol. The van der Waals surface area contributed by atoms with Crippen LogP contribution in [-0.4, -0.2) is 34.5 Å². The Morgan fingerprint density at radius 3 is 2.68 bits per heavy atom. The van der Waals surface area contributed by atoms with Crippen molar-refractivity contribution >= 4 is 22.5 Å². The van der Waals surface area contributed by atoms with Gasteiger partial charge in [0.2, 0.25) is 5.91 Å². The van der Waals surface area contributed by atoms with Gasteiger partial charge in [0.15, 0.2) is 5.78 Å². The van der Waals surface area contributed by atoms with Crippen molar-refractivity contribution in [3.63, 3.8) is 0 Å². The summed E-state index contributed by atoms with van der Waals surface area (Å²) in [6.07, 6.45) is 3.22. The minimum absolute atomic E-state index is 0.0911. The standard InChI is InChI=1S/C14H17NO3S/c1-15-14(17)9-19(18)8-13(16)12-6-5-10-3-2-4-11(10)7-12/h5-7H,2-4,8-9H2,1H3,(H,15,17). The lowest BCUT2D eigenvalue weighted by molar-refractivity contribution is -0.118. The molecule has 0 fully saturated rings. The fourth-order valence-corrected chi connectivity index (χ4v) is 3.24. The summed E-state index contributed by atoms with van der Waals surface area (Å²) in [4.78, 5) is 23.1. The number of hydrogen-bond acceptors (Lipinski definition) is 3. The highest BCUT2D eigenvalue weighted by molar-refractivity contribution is 7.86. The van der Waals surface area contributed by atoms with E-state index in [2.05, 4.69) is 5.32 Å². The van der Waals surface area contributed by atoms with Gasteiger partial charge in [-0.1, -0.05) is 12.1 Å². The second kappa shape index (κ2) is 6.10. The predicted octanol–water partition coefficient (Wildman–Crippen LogP) is 0.853. The fourth-order valence-electron chi connectivity index (χ4n) is 2.24. The molecule has 1 aromatic carbocycles. The Bertz CT molecular complexity index is 539. The number of Topliss-reactive ketones (excluding diaryl/α,β-unsaturated/α-hetero) is 1. The summed E-state index contributed by atoms with van der Waals surface area (Å²) in [7, 11) is 0.0475. The number of benzene rings is 1. The van der Waals surface area contributed by atoms with Crippen molar-refractivity contribution in [2.45, 2.75) is 19.3 Å². The molecule has 1 N–H and O–H groups in total. The lowest BCUT2D eigenvalue weighted by Gasteiger charge is -2.04. The molecule has 4 nitrogen and oxygen atoms in total. The van der Waals surface area contributed by atoms with Gasteiger partial charge < -0.3 is 5.32 Å². The first-order chi connectivity index (χ1) is 9.10. The van der Waals surface area contributed by atoms with Crippen LogP contribution in [0.2, 0.25) is 0 Å². The normalized spacial score (nSPS) is 14.8. The van der Waals surface area contributed by atoms with Gasteiger partial charge in [0.1, 0.15) is 5.75 Å². The summed E-state index contributed by atoms with van der Waals surface area (Å²) in [6.45, 7) is 0. The number of aryl methyl sites for hydroxylation is 2. The molecule has 1 unspecified atom stereocenters. The van der Waals surface area contributed by atoms with Gasteiger partial charge in [0, 0.05) is 23.4 Å². The van der Waals surface area contributed by atoms with E-state index >= 15 is 0 Å². The molecule has 0 saturated carbocycles. The number of nitrogens with one attached hydrogen (secondary N) is 1. The van der Waals surface area contributed by atoms with Gasteiger partial charge >= 0.3 is 0 Å². The Morgan fingerprint density at radius 2 is 1.95 bits per heavy atom. The summed E-state index contributed by atoms with van der Waals surface area (Å²) >= 11 is 0. The molecular formula is C14H17NO3S. The molecule has 0 aliphatic heterocycles. The van der Waals surface area contributed by atoms with E-state index < -0.39 is 10.8 Å².